The molecule has 0 radical (unpaired) electrons. The number of nitrogens with zero attached hydrogens (tertiary/aromatic N) is 3. The maximum absolute atomic E-state index is 12.5. The number of oxazole rings is 1. The molecule has 0 saturated carbocycles. The van der Waals surface area contributed by atoms with Crippen molar-refractivity contribution in [3.8, 4) is 0 Å². The molecule has 0 aliphatic carbocycles. The lowest BCUT2D eigenvalue weighted by atomic mass is 10.0. The first kappa shape index (κ1) is 15.3. The molecule has 1 unspecified atom stereocenters. The van der Waals surface area contributed by atoms with Crippen LogP contribution >= 0.6 is 0 Å². The van der Waals surface area contributed by atoms with Crippen LogP contribution in [0.1, 0.15) is 26.2 Å². The van der Waals surface area contributed by atoms with Crippen LogP contribution in [0.4, 0.5) is 5.69 Å². The van der Waals surface area contributed by atoms with E-state index in [1.165, 1.54) is 22.8 Å². The molecule has 2 heterocycles. The van der Waals surface area contributed by atoms with E-state index < -0.39 is 10.7 Å². The van der Waals surface area contributed by atoms with Crippen molar-refractivity contribution in [3.05, 3.63) is 38.9 Å². The van der Waals surface area contributed by atoms with E-state index in [4.69, 9.17) is 4.42 Å². The summed E-state index contributed by atoms with van der Waals surface area (Å²) in [7, 11) is 0. The predicted molar refractivity (Wildman–Crippen MR) is 82.2 cm³/mol. The van der Waals surface area contributed by atoms with Crippen LogP contribution in [0.3, 0.4) is 0 Å². The van der Waals surface area contributed by atoms with Gasteiger partial charge in [-0.05, 0) is 32.3 Å². The number of rotatable bonds is 3. The number of nitro groups is 1. The van der Waals surface area contributed by atoms with Crippen molar-refractivity contribution in [2.75, 3.05) is 6.54 Å². The van der Waals surface area contributed by atoms with Crippen molar-refractivity contribution in [1.82, 2.24) is 9.47 Å². The molecule has 0 spiro atoms. The first-order valence-corrected chi connectivity index (χ1v) is 7.54. The second-order valence-corrected chi connectivity index (χ2v) is 5.80. The smallest absolute Gasteiger partial charge is 0.407 e. The van der Waals surface area contributed by atoms with E-state index in [-0.39, 0.29) is 29.8 Å². The van der Waals surface area contributed by atoms with Crippen LogP contribution in [0, 0.1) is 10.1 Å². The molecular formula is C15H17N3O5. The Labute approximate surface area is 131 Å². The standard InChI is InChI=1S/C15H17N3O5/c1-10-4-2-3-7-16(10)14(19)9-17-12-6-5-11(18(21)22)8-13(12)23-15(17)20/h5-6,8,10H,2-4,7,9H2,1H3. The summed E-state index contributed by atoms with van der Waals surface area (Å²) in [5, 5.41) is 10.8. The third-order valence-electron chi connectivity index (χ3n) is 4.28. The van der Waals surface area contributed by atoms with Gasteiger partial charge in [0.2, 0.25) is 5.91 Å². The predicted octanol–water partition coefficient (Wildman–Crippen LogP) is 1.90. The highest BCUT2D eigenvalue weighted by Crippen LogP contribution is 2.21. The van der Waals surface area contributed by atoms with Crippen LogP contribution in [0.2, 0.25) is 0 Å². The average Bonchev–Trinajstić information content (AvgIpc) is 2.82. The molecule has 122 valence electrons. The summed E-state index contributed by atoms with van der Waals surface area (Å²) in [5.41, 5.74) is 0.344. The quantitative estimate of drug-likeness (QED) is 0.635. The Morgan fingerprint density at radius 3 is 2.91 bits per heavy atom. The molecule has 1 atom stereocenters. The van der Waals surface area contributed by atoms with Crippen molar-refractivity contribution in [3.63, 3.8) is 0 Å². The number of carbonyl (C=O) groups excluding carboxylic acids is 1. The van der Waals surface area contributed by atoms with Crippen molar-refractivity contribution in [2.45, 2.75) is 38.8 Å². The third-order valence-corrected chi connectivity index (χ3v) is 4.28. The second kappa shape index (κ2) is 5.86. The van der Waals surface area contributed by atoms with Gasteiger partial charge in [-0.15, -0.1) is 0 Å². The van der Waals surface area contributed by atoms with Crippen LogP contribution < -0.4 is 5.76 Å². The number of likely N-dealkylation sites (tertiary alicyclic amines) is 1. The Kier molecular flexibility index (Phi) is 3.89. The zero-order valence-corrected chi connectivity index (χ0v) is 12.7. The van der Waals surface area contributed by atoms with Crippen molar-refractivity contribution >= 4 is 22.7 Å². The number of fused-ring (bicyclic) bond motifs is 1. The zero-order valence-electron chi connectivity index (χ0n) is 12.7. The Morgan fingerprint density at radius 2 is 2.22 bits per heavy atom. The lowest BCUT2D eigenvalue weighted by Gasteiger charge is -2.33. The zero-order chi connectivity index (χ0) is 16.6. The van der Waals surface area contributed by atoms with Gasteiger partial charge < -0.3 is 9.32 Å². The Balaban J connectivity index is 1.90. The van der Waals surface area contributed by atoms with Gasteiger partial charge in [-0.1, -0.05) is 0 Å². The largest absolute Gasteiger partial charge is 0.420 e. The van der Waals surface area contributed by atoms with Gasteiger partial charge in [0.1, 0.15) is 6.54 Å². The van der Waals surface area contributed by atoms with Crippen LogP contribution in [0.25, 0.3) is 11.1 Å². The van der Waals surface area contributed by atoms with E-state index in [0.29, 0.717) is 12.1 Å². The fourth-order valence-electron chi connectivity index (χ4n) is 3.01. The summed E-state index contributed by atoms with van der Waals surface area (Å²) in [6.45, 7) is 2.57. The topological polar surface area (TPSA) is 98.6 Å². The molecule has 1 aromatic heterocycles. The monoisotopic (exact) mass is 319 g/mol. The van der Waals surface area contributed by atoms with Crippen LogP contribution in [-0.2, 0) is 11.3 Å². The molecule has 3 rings (SSSR count). The van der Waals surface area contributed by atoms with Gasteiger partial charge >= 0.3 is 5.76 Å². The number of non-ortho nitro benzene ring substituents is 1. The fraction of sp³-hybridized carbons (Fsp3) is 0.467. The maximum atomic E-state index is 12.5. The van der Waals surface area contributed by atoms with Crippen molar-refractivity contribution in [2.24, 2.45) is 0 Å². The normalized spacial score (nSPS) is 18.3. The highest BCUT2D eigenvalue weighted by atomic mass is 16.6. The number of piperidine rings is 1. The Morgan fingerprint density at radius 1 is 1.43 bits per heavy atom. The van der Waals surface area contributed by atoms with Gasteiger partial charge in [0.15, 0.2) is 5.58 Å². The minimum atomic E-state index is -0.682. The molecule has 1 amide bonds. The molecule has 1 aromatic carbocycles. The summed E-state index contributed by atoms with van der Waals surface area (Å²) >= 11 is 0. The molecule has 0 N–H and O–H groups in total. The van der Waals surface area contributed by atoms with Crippen LogP contribution in [-0.4, -0.2) is 32.9 Å². The molecule has 0 bridgehead atoms. The maximum Gasteiger partial charge on any atom is 0.420 e. The lowest BCUT2D eigenvalue weighted by molar-refractivity contribution is -0.384. The summed E-state index contributed by atoms with van der Waals surface area (Å²) in [6.07, 6.45) is 3.02. The van der Waals surface area contributed by atoms with E-state index >= 15 is 0 Å². The number of hydrogen-bond donors (Lipinski definition) is 0. The van der Waals surface area contributed by atoms with E-state index in [1.54, 1.807) is 4.90 Å². The van der Waals surface area contributed by atoms with Gasteiger partial charge in [-0.3, -0.25) is 19.5 Å². The van der Waals surface area contributed by atoms with Crippen molar-refractivity contribution in [1.29, 1.82) is 0 Å². The summed E-state index contributed by atoms with van der Waals surface area (Å²) in [5.74, 6) is -0.820. The highest BCUT2D eigenvalue weighted by Gasteiger charge is 2.25. The molecular weight excluding hydrogens is 302 g/mol. The molecule has 8 heteroatoms. The Bertz CT molecular complexity index is 822. The minimum Gasteiger partial charge on any atom is -0.407 e. The molecule has 8 nitrogen and oxygen atoms in total. The number of amides is 1. The number of carbonyl (C=O) groups is 1. The van der Waals surface area contributed by atoms with Gasteiger partial charge in [0.05, 0.1) is 16.5 Å². The molecule has 2 aromatic rings. The molecule has 1 aliphatic rings. The van der Waals surface area contributed by atoms with Gasteiger partial charge in [0, 0.05) is 18.7 Å². The average molecular weight is 319 g/mol. The SMILES string of the molecule is CC1CCCCN1C(=O)Cn1c(=O)oc2cc([N+](=O)[O-])ccc21. The first-order chi connectivity index (χ1) is 11.0. The summed E-state index contributed by atoms with van der Waals surface area (Å²) in [4.78, 5) is 36.4. The van der Waals surface area contributed by atoms with Crippen LogP contribution in [0.15, 0.2) is 27.4 Å². The van der Waals surface area contributed by atoms with Gasteiger partial charge in [-0.2, -0.15) is 0 Å². The first-order valence-electron chi connectivity index (χ1n) is 7.54. The number of hydrogen-bond acceptors (Lipinski definition) is 5. The summed E-state index contributed by atoms with van der Waals surface area (Å²) in [6, 6.07) is 4.08. The van der Waals surface area contributed by atoms with Crippen molar-refractivity contribution < 1.29 is 14.1 Å². The van der Waals surface area contributed by atoms with E-state index in [0.717, 1.165) is 19.3 Å². The van der Waals surface area contributed by atoms with Gasteiger partial charge in [0.25, 0.3) is 5.69 Å². The lowest BCUT2D eigenvalue weighted by Crippen LogP contribution is -2.44. The second-order valence-electron chi connectivity index (χ2n) is 5.80. The van der Waals surface area contributed by atoms with E-state index in [2.05, 4.69) is 0 Å². The van der Waals surface area contributed by atoms with E-state index in [9.17, 15) is 19.7 Å². The number of benzene rings is 1. The van der Waals surface area contributed by atoms with Gasteiger partial charge in [-0.25, -0.2) is 4.79 Å². The molecule has 1 aliphatic heterocycles. The number of aromatic nitrogens is 1. The molecule has 1 fully saturated rings. The highest BCUT2D eigenvalue weighted by molar-refractivity contribution is 5.81. The molecule has 1 saturated heterocycles. The van der Waals surface area contributed by atoms with E-state index in [1.807, 2.05) is 6.92 Å². The van der Waals surface area contributed by atoms with Crippen LogP contribution in [0.5, 0.6) is 0 Å². The third kappa shape index (κ3) is 2.84. The molecule has 23 heavy (non-hydrogen) atoms. The fourth-order valence-corrected chi connectivity index (χ4v) is 3.01. The summed E-state index contributed by atoms with van der Waals surface area (Å²) < 4.78 is 6.26. The Hall–Kier alpha value is -2.64. The minimum absolute atomic E-state index is 0.115. The number of nitro benzene ring substituents is 1.